The number of amides is 1. The maximum absolute atomic E-state index is 12.9. The third-order valence-electron chi connectivity index (χ3n) is 4.21. The minimum Gasteiger partial charge on any atom is -0.465 e. The van der Waals surface area contributed by atoms with Crippen molar-refractivity contribution in [1.82, 2.24) is 10.2 Å². The van der Waals surface area contributed by atoms with Gasteiger partial charge in [0.15, 0.2) is 6.04 Å². The Hall–Kier alpha value is -2.45. The van der Waals surface area contributed by atoms with Crippen molar-refractivity contribution >= 4 is 17.8 Å². The molecule has 0 saturated carbocycles. The first-order valence-electron chi connectivity index (χ1n) is 9.90. The largest absolute Gasteiger partial charge is 0.465 e. The van der Waals surface area contributed by atoms with Crippen molar-refractivity contribution in [3.05, 3.63) is 35.9 Å². The van der Waals surface area contributed by atoms with Gasteiger partial charge in [-0.05, 0) is 18.4 Å². The molecule has 2 rings (SSSR count). The van der Waals surface area contributed by atoms with Crippen LogP contribution >= 0.6 is 0 Å². The zero-order valence-electron chi connectivity index (χ0n) is 17.3. The van der Waals surface area contributed by atoms with E-state index in [1.165, 1.54) is 0 Å². The molecule has 2 unspecified atom stereocenters. The smallest absolute Gasteiger partial charge is 0.333 e. The third-order valence-corrected chi connectivity index (χ3v) is 4.21. The summed E-state index contributed by atoms with van der Waals surface area (Å²) >= 11 is 0. The summed E-state index contributed by atoms with van der Waals surface area (Å²) in [7, 11) is 0. The van der Waals surface area contributed by atoms with Crippen LogP contribution in [0.5, 0.6) is 0 Å². The summed E-state index contributed by atoms with van der Waals surface area (Å²) < 4.78 is 15.6. The van der Waals surface area contributed by atoms with E-state index in [2.05, 4.69) is 5.32 Å². The van der Waals surface area contributed by atoms with Gasteiger partial charge in [-0.15, -0.1) is 0 Å². The van der Waals surface area contributed by atoms with Crippen molar-refractivity contribution in [3.63, 3.8) is 0 Å². The molecule has 1 saturated heterocycles. The average molecular weight is 406 g/mol. The number of ether oxygens (including phenoxy) is 3. The van der Waals surface area contributed by atoms with E-state index in [0.29, 0.717) is 19.7 Å². The van der Waals surface area contributed by atoms with E-state index < -0.39 is 23.9 Å². The Morgan fingerprint density at radius 3 is 2.48 bits per heavy atom. The van der Waals surface area contributed by atoms with Gasteiger partial charge in [-0.25, -0.2) is 4.79 Å². The quantitative estimate of drug-likeness (QED) is 0.316. The fourth-order valence-corrected chi connectivity index (χ4v) is 2.89. The normalized spacial score (nSPS) is 16.4. The Morgan fingerprint density at radius 2 is 1.90 bits per heavy atom. The van der Waals surface area contributed by atoms with E-state index in [1.54, 1.807) is 11.8 Å². The van der Waals surface area contributed by atoms with Crippen molar-refractivity contribution in [3.8, 4) is 0 Å². The second kappa shape index (κ2) is 11.5. The summed E-state index contributed by atoms with van der Waals surface area (Å²) in [6.45, 7) is 7.23. The molecule has 0 bridgehead atoms. The van der Waals surface area contributed by atoms with Crippen molar-refractivity contribution in [1.29, 1.82) is 0 Å². The number of carbonyl (C=O) groups is 3. The van der Waals surface area contributed by atoms with Crippen LogP contribution in [0.4, 0.5) is 0 Å². The van der Waals surface area contributed by atoms with Crippen LogP contribution in [0, 0.1) is 5.92 Å². The zero-order valence-corrected chi connectivity index (χ0v) is 17.3. The topological polar surface area (TPSA) is 97.5 Å². The Balaban J connectivity index is 2.09. The Morgan fingerprint density at radius 1 is 1.21 bits per heavy atom. The lowest BCUT2D eigenvalue weighted by Crippen LogP contribution is -2.55. The van der Waals surface area contributed by atoms with E-state index in [4.69, 9.17) is 14.2 Å². The minimum absolute atomic E-state index is 0.00368. The highest BCUT2D eigenvalue weighted by atomic mass is 16.6. The van der Waals surface area contributed by atoms with Gasteiger partial charge >= 0.3 is 11.9 Å². The number of benzene rings is 1. The molecule has 1 aliphatic heterocycles. The molecule has 0 spiro atoms. The maximum atomic E-state index is 12.9. The Bertz CT molecular complexity index is 671. The standard InChI is InChI=1S/C21H30N2O6/c1-4-27-18(24)10-22-20(25)19(23(11-15(2)3)12-17-14-28-17)21(26)29-13-16-8-6-5-7-9-16/h5-9,15,17,19H,4,10-14H2,1-3H3,(H,22,25). The van der Waals surface area contributed by atoms with Crippen LogP contribution < -0.4 is 5.32 Å². The average Bonchev–Trinajstić information content (AvgIpc) is 3.49. The van der Waals surface area contributed by atoms with Crippen LogP contribution in [0.1, 0.15) is 26.3 Å². The Kier molecular flexibility index (Phi) is 9.08. The molecular formula is C21H30N2O6. The molecule has 29 heavy (non-hydrogen) atoms. The van der Waals surface area contributed by atoms with Crippen molar-refractivity contribution in [2.45, 2.75) is 39.5 Å². The summed E-state index contributed by atoms with van der Waals surface area (Å²) in [4.78, 5) is 39.1. The van der Waals surface area contributed by atoms with Gasteiger partial charge in [0.2, 0.25) is 5.91 Å². The number of hydrogen-bond acceptors (Lipinski definition) is 7. The molecule has 2 atom stereocenters. The monoisotopic (exact) mass is 406 g/mol. The van der Waals surface area contributed by atoms with Gasteiger partial charge in [-0.2, -0.15) is 0 Å². The molecule has 0 radical (unpaired) electrons. The summed E-state index contributed by atoms with van der Waals surface area (Å²) in [5.74, 6) is -1.58. The summed E-state index contributed by atoms with van der Waals surface area (Å²) in [5, 5.41) is 2.50. The highest BCUT2D eigenvalue weighted by molar-refractivity contribution is 6.02. The van der Waals surface area contributed by atoms with Gasteiger partial charge in [0, 0.05) is 13.1 Å². The molecule has 8 nitrogen and oxygen atoms in total. The first kappa shape index (κ1) is 22.8. The Labute approximate surface area is 171 Å². The van der Waals surface area contributed by atoms with Gasteiger partial charge < -0.3 is 19.5 Å². The fraction of sp³-hybridized carbons (Fsp3) is 0.571. The van der Waals surface area contributed by atoms with Crippen molar-refractivity contribution in [2.75, 3.05) is 32.8 Å². The predicted octanol–water partition coefficient (Wildman–Crippen LogP) is 1.13. The SMILES string of the molecule is CCOC(=O)CNC(=O)C(C(=O)OCc1ccccc1)N(CC(C)C)CC1CO1. The number of esters is 2. The summed E-state index contributed by atoms with van der Waals surface area (Å²) in [6, 6.07) is 8.08. The number of hydrogen-bond donors (Lipinski definition) is 1. The van der Waals surface area contributed by atoms with E-state index in [1.807, 2.05) is 44.2 Å². The number of epoxide rings is 1. The third kappa shape index (κ3) is 8.21. The molecule has 1 amide bonds. The molecule has 1 N–H and O–H groups in total. The molecule has 1 aliphatic rings. The zero-order chi connectivity index (χ0) is 21.2. The molecular weight excluding hydrogens is 376 g/mol. The second-order valence-electron chi connectivity index (χ2n) is 7.32. The minimum atomic E-state index is -1.17. The predicted molar refractivity (Wildman–Crippen MR) is 106 cm³/mol. The maximum Gasteiger partial charge on any atom is 0.333 e. The van der Waals surface area contributed by atoms with E-state index in [0.717, 1.165) is 5.56 Å². The molecule has 1 fully saturated rings. The molecule has 0 aromatic heterocycles. The summed E-state index contributed by atoms with van der Waals surface area (Å²) in [6.07, 6.45) is -0.00368. The van der Waals surface area contributed by atoms with Gasteiger partial charge in [-0.1, -0.05) is 44.2 Å². The van der Waals surface area contributed by atoms with Crippen LogP contribution in [0.2, 0.25) is 0 Å². The molecule has 8 heteroatoms. The van der Waals surface area contributed by atoms with Gasteiger partial charge in [0.25, 0.3) is 0 Å². The first-order chi connectivity index (χ1) is 13.9. The first-order valence-corrected chi connectivity index (χ1v) is 9.90. The van der Waals surface area contributed by atoms with E-state index in [-0.39, 0.29) is 31.8 Å². The highest BCUT2D eigenvalue weighted by Gasteiger charge is 2.38. The van der Waals surface area contributed by atoms with Crippen LogP contribution in [0.15, 0.2) is 30.3 Å². The molecule has 0 aliphatic carbocycles. The molecule has 1 aromatic rings. The highest BCUT2D eigenvalue weighted by Crippen LogP contribution is 2.16. The van der Waals surface area contributed by atoms with Gasteiger partial charge in [0.05, 0.1) is 19.3 Å². The van der Waals surface area contributed by atoms with Crippen LogP contribution in [-0.2, 0) is 35.2 Å². The van der Waals surface area contributed by atoms with Crippen LogP contribution in [0.3, 0.4) is 0 Å². The molecule has 1 aromatic carbocycles. The molecule has 1 heterocycles. The number of carbonyl (C=O) groups excluding carboxylic acids is 3. The van der Waals surface area contributed by atoms with Crippen LogP contribution in [-0.4, -0.2) is 67.7 Å². The van der Waals surface area contributed by atoms with Crippen LogP contribution in [0.25, 0.3) is 0 Å². The van der Waals surface area contributed by atoms with Gasteiger partial charge in [-0.3, -0.25) is 14.5 Å². The number of nitrogens with zero attached hydrogens (tertiary/aromatic N) is 1. The van der Waals surface area contributed by atoms with Crippen molar-refractivity contribution in [2.24, 2.45) is 5.92 Å². The number of rotatable bonds is 12. The fourth-order valence-electron chi connectivity index (χ4n) is 2.89. The van der Waals surface area contributed by atoms with E-state index in [9.17, 15) is 14.4 Å². The number of nitrogens with one attached hydrogen (secondary N) is 1. The lowest BCUT2D eigenvalue weighted by molar-refractivity contribution is -0.157. The lowest BCUT2D eigenvalue weighted by Gasteiger charge is -2.30. The second-order valence-corrected chi connectivity index (χ2v) is 7.32. The molecule has 160 valence electrons. The van der Waals surface area contributed by atoms with Gasteiger partial charge in [0.1, 0.15) is 13.2 Å². The summed E-state index contributed by atoms with van der Waals surface area (Å²) in [5.41, 5.74) is 0.826. The lowest BCUT2D eigenvalue weighted by atomic mass is 10.1. The van der Waals surface area contributed by atoms with Crippen molar-refractivity contribution < 1.29 is 28.6 Å². The van der Waals surface area contributed by atoms with E-state index >= 15 is 0 Å².